The van der Waals surface area contributed by atoms with Crippen LogP contribution >= 0.6 is 0 Å². The van der Waals surface area contributed by atoms with E-state index in [1.165, 1.54) is 6.08 Å². The molecule has 0 saturated carbocycles. The highest BCUT2D eigenvalue weighted by Gasteiger charge is 2.21. The Morgan fingerprint density at radius 2 is 2.00 bits per heavy atom. The number of aliphatic carboxylic acids is 1. The zero-order valence-corrected chi connectivity index (χ0v) is 6.32. The minimum Gasteiger partial charge on any atom is -0.481 e. The van der Waals surface area contributed by atoms with Gasteiger partial charge in [-0.1, -0.05) is 6.08 Å². The van der Waals surface area contributed by atoms with E-state index in [-0.39, 0.29) is 0 Å². The first kappa shape index (κ1) is 10.1. The summed E-state index contributed by atoms with van der Waals surface area (Å²) >= 11 is 0. The molecule has 4 nitrogen and oxygen atoms in total. The Hall–Kier alpha value is -0.870. The van der Waals surface area contributed by atoms with Crippen LogP contribution in [0, 0.1) is 0 Å². The highest BCUT2D eigenvalue weighted by atomic mass is 16.5. The van der Waals surface area contributed by atoms with Gasteiger partial charge in [0.15, 0.2) is 5.79 Å². The minimum atomic E-state index is -1.49. The van der Waals surface area contributed by atoms with Crippen LogP contribution in [0.15, 0.2) is 12.2 Å². The predicted molar refractivity (Wildman–Crippen MR) is 38.9 cm³/mol. The molecule has 1 aliphatic rings. The summed E-state index contributed by atoms with van der Waals surface area (Å²) in [5, 5.41) is 24.7. The second-order valence-electron chi connectivity index (χ2n) is 2.34. The van der Waals surface area contributed by atoms with Gasteiger partial charge in [0.25, 0.3) is 5.97 Å². The van der Waals surface area contributed by atoms with Crippen LogP contribution < -0.4 is 0 Å². The Bertz CT molecular complexity index is 156. The first-order valence-corrected chi connectivity index (χ1v) is 3.26. The quantitative estimate of drug-likeness (QED) is 0.347. The zero-order chi connectivity index (χ0) is 8.91. The Kier molecular flexibility index (Phi) is 3.78. The summed E-state index contributed by atoms with van der Waals surface area (Å²) in [6.45, 7) is 1.08. The fourth-order valence-electron chi connectivity index (χ4n) is 0.651. The van der Waals surface area contributed by atoms with Crippen molar-refractivity contribution in [3.05, 3.63) is 12.2 Å². The molecule has 0 radical (unpaired) electrons. The fraction of sp³-hybridized carbons (Fsp3) is 0.571. The smallest absolute Gasteiger partial charge is 0.300 e. The van der Waals surface area contributed by atoms with Crippen molar-refractivity contribution in [1.29, 1.82) is 0 Å². The topological polar surface area (TPSA) is 77.8 Å². The van der Waals surface area contributed by atoms with Crippen LogP contribution in [0.25, 0.3) is 0 Å². The van der Waals surface area contributed by atoms with E-state index < -0.39 is 11.8 Å². The minimum absolute atomic E-state index is 0.451. The van der Waals surface area contributed by atoms with Gasteiger partial charge in [-0.05, 0) is 12.5 Å². The van der Waals surface area contributed by atoms with Gasteiger partial charge in [-0.15, -0.1) is 0 Å². The average Bonchev–Trinajstić information content (AvgIpc) is 2.11. The summed E-state index contributed by atoms with van der Waals surface area (Å²) in [6.07, 6.45) is 4.41. The summed E-state index contributed by atoms with van der Waals surface area (Å²) in [7, 11) is 0. The maximum Gasteiger partial charge on any atom is 0.300 e. The van der Waals surface area contributed by atoms with Crippen molar-refractivity contribution >= 4 is 5.97 Å². The predicted octanol–water partition coefficient (Wildman–Crippen LogP) is 0.108. The van der Waals surface area contributed by atoms with Crippen LogP contribution in [0.2, 0.25) is 0 Å². The third-order valence-corrected chi connectivity index (χ3v) is 1.06. The first-order chi connectivity index (χ1) is 4.94. The Labute approximate surface area is 64.8 Å². The average molecular weight is 160 g/mol. The van der Waals surface area contributed by atoms with Crippen LogP contribution in [0.5, 0.6) is 0 Å². The summed E-state index contributed by atoms with van der Waals surface area (Å²) < 4.78 is 0. The molecule has 0 unspecified atom stereocenters. The van der Waals surface area contributed by atoms with Crippen molar-refractivity contribution < 1.29 is 20.1 Å². The third-order valence-electron chi connectivity index (χ3n) is 1.06. The lowest BCUT2D eigenvalue weighted by molar-refractivity contribution is -0.134. The van der Waals surface area contributed by atoms with Crippen molar-refractivity contribution in [2.75, 3.05) is 0 Å². The molecule has 0 amide bonds. The first-order valence-electron chi connectivity index (χ1n) is 3.26. The van der Waals surface area contributed by atoms with Gasteiger partial charge in [0.1, 0.15) is 0 Å². The molecule has 11 heavy (non-hydrogen) atoms. The van der Waals surface area contributed by atoms with Crippen LogP contribution in [0.3, 0.4) is 0 Å². The van der Waals surface area contributed by atoms with E-state index in [9.17, 15) is 0 Å². The van der Waals surface area contributed by atoms with Gasteiger partial charge >= 0.3 is 0 Å². The Morgan fingerprint density at radius 1 is 1.55 bits per heavy atom. The van der Waals surface area contributed by atoms with E-state index in [2.05, 4.69) is 0 Å². The molecule has 3 N–H and O–H groups in total. The summed E-state index contributed by atoms with van der Waals surface area (Å²) in [5.41, 5.74) is 0. The van der Waals surface area contributed by atoms with Crippen molar-refractivity contribution in [1.82, 2.24) is 0 Å². The van der Waals surface area contributed by atoms with E-state index in [1.807, 2.05) is 0 Å². The van der Waals surface area contributed by atoms with E-state index in [0.717, 1.165) is 13.3 Å². The number of hydrogen-bond acceptors (Lipinski definition) is 3. The van der Waals surface area contributed by atoms with Gasteiger partial charge < -0.3 is 15.3 Å². The Morgan fingerprint density at radius 3 is 2.09 bits per heavy atom. The standard InChI is InChI=1S/C5H8O2.C2H4O2/c6-5(7)3-1-2-4-5;1-2(3)4/h1,3,6-7H,2,4H2;1H3,(H,3,4). The van der Waals surface area contributed by atoms with Crippen LogP contribution in [-0.4, -0.2) is 27.1 Å². The van der Waals surface area contributed by atoms with Gasteiger partial charge in [-0.2, -0.15) is 0 Å². The van der Waals surface area contributed by atoms with Crippen LogP contribution in [-0.2, 0) is 4.79 Å². The van der Waals surface area contributed by atoms with Gasteiger partial charge in [-0.3, -0.25) is 4.79 Å². The zero-order valence-electron chi connectivity index (χ0n) is 6.32. The molecule has 0 bridgehead atoms. The molecule has 1 aliphatic carbocycles. The molecule has 0 aromatic rings. The van der Waals surface area contributed by atoms with Gasteiger partial charge in [0.2, 0.25) is 0 Å². The molecule has 64 valence electrons. The molecule has 0 heterocycles. The van der Waals surface area contributed by atoms with Crippen molar-refractivity contribution in [3.63, 3.8) is 0 Å². The molecule has 0 aromatic heterocycles. The number of carbonyl (C=O) groups is 1. The lowest BCUT2D eigenvalue weighted by atomic mass is 10.3. The third kappa shape index (κ3) is 7.02. The van der Waals surface area contributed by atoms with Crippen LogP contribution in [0.4, 0.5) is 0 Å². The van der Waals surface area contributed by atoms with E-state index >= 15 is 0 Å². The lowest BCUT2D eigenvalue weighted by Crippen LogP contribution is -2.20. The highest BCUT2D eigenvalue weighted by Crippen LogP contribution is 2.17. The van der Waals surface area contributed by atoms with Crippen molar-refractivity contribution in [3.8, 4) is 0 Å². The number of allylic oxidation sites excluding steroid dienone is 1. The largest absolute Gasteiger partial charge is 0.481 e. The molecule has 1 rings (SSSR count). The summed E-state index contributed by atoms with van der Waals surface area (Å²) in [4.78, 5) is 9.00. The number of aliphatic hydroxyl groups is 2. The maximum atomic E-state index is 9.00. The molecule has 0 atom stereocenters. The summed E-state index contributed by atoms with van der Waals surface area (Å²) in [6, 6.07) is 0. The number of carboxylic acid groups (broad SMARTS) is 1. The molecule has 0 fully saturated rings. The molecular formula is C7H12O4. The van der Waals surface area contributed by atoms with Crippen molar-refractivity contribution in [2.24, 2.45) is 0 Å². The normalized spacial score (nSPS) is 18.8. The summed E-state index contributed by atoms with van der Waals surface area (Å²) in [5.74, 6) is -2.32. The molecule has 4 heteroatoms. The monoisotopic (exact) mass is 160 g/mol. The van der Waals surface area contributed by atoms with Gasteiger partial charge in [0, 0.05) is 13.3 Å². The van der Waals surface area contributed by atoms with Crippen LogP contribution in [0.1, 0.15) is 19.8 Å². The van der Waals surface area contributed by atoms with Crippen molar-refractivity contribution in [2.45, 2.75) is 25.6 Å². The maximum absolute atomic E-state index is 9.00. The van der Waals surface area contributed by atoms with Gasteiger partial charge in [-0.25, -0.2) is 0 Å². The molecule has 0 aliphatic heterocycles. The second-order valence-corrected chi connectivity index (χ2v) is 2.34. The van der Waals surface area contributed by atoms with E-state index in [4.69, 9.17) is 20.1 Å². The number of hydrogen-bond donors (Lipinski definition) is 3. The number of rotatable bonds is 0. The number of carboxylic acids is 1. The van der Waals surface area contributed by atoms with E-state index in [1.54, 1.807) is 6.08 Å². The Balaban J connectivity index is 0.000000218. The molecule has 0 aromatic carbocycles. The second kappa shape index (κ2) is 4.10. The van der Waals surface area contributed by atoms with Gasteiger partial charge in [0.05, 0.1) is 0 Å². The highest BCUT2D eigenvalue weighted by molar-refractivity contribution is 5.62. The molecular weight excluding hydrogens is 148 g/mol. The molecule has 0 spiro atoms. The fourth-order valence-corrected chi connectivity index (χ4v) is 0.651. The molecule has 0 saturated heterocycles. The SMILES string of the molecule is CC(=O)O.OC1(O)C=CCC1. The lowest BCUT2D eigenvalue weighted by Gasteiger charge is -2.09. The van der Waals surface area contributed by atoms with E-state index in [0.29, 0.717) is 6.42 Å².